The number of alkyl halides is 1. The van der Waals surface area contributed by atoms with Gasteiger partial charge in [0.2, 0.25) is 0 Å². The van der Waals surface area contributed by atoms with Gasteiger partial charge in [0.15, 0.2) is 5.82 Å². The molecule has 0 aliphatic carbocycles. The molecule has 2 atom stereocenters. The van der Waals surface area contributed by atoms with Crippen molar-refractivity contribution in [3.05, 3.63) is 70.9 Å². The Morgan fingerprint density at radius 3 is 2.60 bits per heavy atom. The van der Waals surface area contributed by atoms with Gasteiger partial charge in [-0.2, -0.15) is 0 Å². The standard InChI is InChI=1S/C21H20FN5O3/c1-26-11-17(24-25-26)27(2)21(29)13-8-14-18(12-6-4-3-5-7-12)16(10-22)30-19(14)15(9-13)20(23)28/h3-9,11,16,18H,10H2,1-2H3,(H2,23,28)/t16-,18+/m1/s1. The molecule has 2 aromatic carbocycles. The third-order valence-electron chi connectivity index (χ3n) is 5.16. The van der Waals surface area contributed by atoms with E-state index in [2.05, 4.69) is 10.3 Å². The van der Waals surface area contributed by atoms with Crippen LogP contribution in [0.25, 0.3) is 0 Å². The van der Waals surface area contributed by atoms with Gasteiger partial charge in [-0.1, -0.05) is 35.5 Å². The van der Waals surface area contributed by atoms with Gasteiger partial charge in [-0.3, -0.25) is 19.2 Å². The van der Waals surface area contributed by atoms with Crippen molar-refractivity contribution >= 4 is 17.6 Å². The lowest BCUT2D eigenvalue weighted by Gasteiger charge is -2.17. The average molecular weight is 409 g/mol. The minimum Gasteiger partial charge on any atom is -0.486 e. The number of ether oxygens (including phenoxy) is 1. The van der Waals surface area contributed by atoms with Gasteiger partial charge in [-0.25, -0.2) is 4.39 Å². The number of rotatable bonds is 5. The Balaban J connectivity index is 1.83. The predicted octanol–water partition coefficient (Wildman–Crippen LogP) is 2.05. The van der Waals surface area contributed by atoms with Crippen molar-refractivity contribution in [2.24, 2.45) is 12.8 Å². The fraction of sp³-hybridized carbons (Fsp3) is 0.238. The number of nitrogens with zero attached hydrogens (tertiary/aromatic N) is 4. The SMILES string of the molecule is CN(C(=O)c1cc(C(N)=O)c2c(c1)[C@H](c1ccccc1)[C@@H](CF)O2)c1cn(C)nn1. The molecular formula is C21H20FN5O3. The summed E-state index contributed by atoms with van der Waals surface area (Å²) in [6.07, 6.45) is 0.776. The van der Waals surface area contributed by atoms with E-state index in [1.807, 2.05) is 30.3 Å². The van der Waals surface area contributed by atoms with Crippen LogP contribution >= 0.6 is 0 Å². The quantitative estimate of drug-likeness (QED) is 0.695. The van der Waals surface area contributed by atoms with Crippen LogP contribution in [0.1, 0.15) is 37.8 Å². The van der Waals surface area contributed by atoms with Gasteiger partial charge >= 0.3 is 0 Å². The number of amides is 2. The number of aryl methyl sites for hydroxylation is 1. The summed E-state index contributed by atoms with van der Waals surface area (Å²) in [7, 11) is 3.24. The lowest BCUT2D eigenvalue weighted by molar-refractivity contribution is 0.0991. The molecule has 1 aromatic heterocycles. The van der Waals surface area contributed by atoms with Gasteiger partial charge in [0.1, 0.15) is 18.5 Å². The number of hydrogen-bond acceptors (Lipinski definition) is 5. The molecule has 0 saturated heterocycles. The zero-order valence-electron chi connectivity index (χ0n) is 16.4. The van der Waals surface area contributed by atoms with Gasteiger partial charge in [0.05, 0.1) is 17.7 Å². The fourth-order valence-electron chi connectivity index (χ4n) is 3.70. The number of nitrogens with two attached hydrogens (primary N) is 1. The molecule has 0 fully saturated rings. The third kappa shape index (κ3) is 3.28. The molecule has 9 heteroatoms. The molecule has 2 heterocycles. The van der Waals surface area contributed by atoms with Crippen LogP contribution in [0.15, 0.2) is 48.7 Å². The molecule has 1 aliphatic rings. The number of fused-ring (bicyclic) bond motifs is 1. The van der Waals surface area contributed by atoms with Crippen molar-refractivity contribution < 1.29 is 18.7 Å². The number of carbonyl (C=O) groups is 2. The normalized spacial score (nSPS) is 17.3. The molecule has 0 unspecified atom stereocenters. The average Bonchev–Trinajstić information content (AvgIpc) is 3.35. The first-order chi connectivity index (χ1) is 14.4. The monoisotopic (exact) mass is 409 g/mol. The van der Waals surface area contributed by atoms with Crippen LogP contribution in [0.4, 0.5) is 10.2 Å². The first-order valence-electron chi connectivity index (χ1n) is 9.30. The fourth-order valence-corrected chi connectivity index (χ4v) is 3.70. The Labute approximate surface area is 172 Å². The van der Waals surface area contributed by atoms with Crippen molar-refractivity contribution in [3.8, 4) is 5.75 Å². The molecule has 0 radical (unpaired) electrons. The Morgan fingerprint density at radius 1 is 1.27 bits per heavy atom. The van der Waals surface area contributed by atoms with E-state index >= 15 is 0 Å². The van der Waals surface area contributed by atoms with Crippen molar-refractivity contribution in [3.63, 3.8) is 0 Å². The number of hydrogen-bond donors (Lipinski definition) is 1. The summed E-state index contributed by atoms with van der Waals surface area (Å²) in [4.78, 5) is 26.5. The number of carbonyl (C=O) groups excluding carboxylic acids is 2. The second kappa shape index (κ2) is 7.58. The van der Waals surface area contributed by atoms with E-state index in [0.717, 1.165) is 5.56 Å². The van der Waals surface area contributed by atoms with E-state index in [1.165, 1.54) is 15.6 Å². The molecule has 30 heavy (non-hydrogen) atoms. The highest BCUT2D eigenvalue weighted by Crippen LogP contribution is 2.45. The smallest absolute Gasteiger partial charge is 0.259 e. The van der Waals surface area contributed by atoms with Gasteiger partial charge in [-0.05, 0) is 17.7 Å². The minimum atomic E-state index is -0.816. The summed E-state index contributed by atoms with van der Waals surface area (Å²) in [6.45, 7) is -0.755. The minimum absolute atomic E-state index is 0.0419. The lowest BCUT2D eigenvalue weighted by Crippen LogP contribution is -2.27. The molecule has 0 bridgehead atoms. The summed E-state index contributed by atoms with van der Waals surface area (Å²) >= 11 is 0. The van der Waals surface area contributed by atoms with Crippen LogP contribution in [0.2, 0.25) is 0 Å². The maximum Gasteiger partial charge on any atom is 0.259 e. The van der Waals surface area contributed by atoms with E-state index in [0.29, 0.717) is 11.4 Å². The molecule has 2 N–H and O–H groups in total. The maximum absolute atomic E-state index is 13.8. The van der Waals surface area contributed by atoms with Crippen molar-refractivity contribution in [1.29, 1.82) is 0 Å². The van der Waals surface area contributed by atoms with Crippen molar-refractivity contribution in [1.82, 2.24) is 15.0 Å². The van der Waals surface area contributed by atoms with Gasteiger partial charge in [0.25, 0.3) is 11.8 Å². The summed E-state index contributed by atoms with van der Waals surface area (Å²) in [5, 5.41) is 7.76. The van der Waals surface area contributed by atoms with Crippen molar-refractivity contribution in [2.75, 3.05) is 18.6 Å². The number of halogens is 1. The number of aromatic nitrogens is 3. The molecule has 0 spiro atoms. The van der Waals surface area contributed by atoms with Crippen molar-refractivity contribution in [2.45, 2.75) is 12.0 Å². The van der Waals surface area contributed by atoms with E-state index in [4.69, 9.17) is 10.5 Å². The molecule has 2 amide bonds. The zero-order chi connectivity index (χ0) is 21.4. The largest absolute Gasteiger partial charge is 0.486 e. The second-order valence-corrected chi connectivity index (χ2v) is 7.12. The second-order valence-electron chi connectivity index (χ2n) is 7.12. The van der Waals surface area contributed by atoms with Crippen LogP contribution < -0.4 is 15.4 Å². The molecule has 3 aromatic rings. The highest BCUT2D eigenvalue weighted by atomic mass is 19.1. The molecule has 1 aliphatic heterocycles. The molecule has 8 nitrogen and oxygen atoms in total. The van der Waals surface area contributed by atoms with Crippen LogP contribution in [-0.4, -0.2) is 46.6 Å². The number of primary amides is 1. The number of benzene rings is 2. The Hall–Kier alpha value is -3.75. The van der Waals surface area contributed by atoms with Gasteiger partial charge in [-0.15, -0.1) is 5.10 Å². The highest BCUT2D eigenvalue weighted by Gasteiger charge is 2.39. The van der Waals surface area contributed by atoms with Crippen LogP contribution in [0, 0.1) is 0 Å². The molecule has 0 saturated carbocycles. The summed E-state index contributed by atoms with van der Waals surface area (Å²) < 4.78 is 21.1. The van der Waals surface area contributed by atoms with E-state index < -0.39 is 30.5 Å². The van der Waals surface area contributed by atoms with E-state index in [-0.39, 0.29) is 16.9 Å². The highest BCUT2D eigenvalue weighted by molar-refractivity contribution is 6.08. The summed E-state index contributed by atoms with van der Waals surface area (Å²) in [6, 6.07) is 12.3. The van der Waals surface area contributed by atoms with Gasteiger partial charge in [0, 0.05) is 25.2 Å². The van der Waals surface area contributed by atoms with E-state index in [1.54, 1.807) is 26.4 Å². The molecule has 4 rings (SSSR count). The zero-order valence-corrected chi connectivity index (χ0v) is 16.4. The Bertz CT molecular complexity index is 1120. The number of anilines is 1. The van der Waals surface area contributed by atoms with Gasteiger partial charge < -0.3 is 10.5 Å². The first kappa shape index (κ1) is 19.6. The van der Waals surface area contributed by atoms with Crippen LogP contribution in [0.5, 0.6) is 5.75 Å². The van der Waals surface area contributed by atoms with Crippen LogP contribution in [0.3, 0.4) is 0 Å². The first-order valence-corrected chi connectivity index (χ1v) is 9.30. The predicted molar refractivity (Wildman–Crippen MR) is 107 cm³/mol. The molecule has 154 valence electrons. The topological polar surface area (TPSA) is 103 Å². The summed E-state index contributed by atoms with van der Waals surface area (Å²) in [5.41, 5.74) is 7.19. The third-order valence-corrected chi connectivity index (χ3v) is 5.16. The Kier molecular flexibility index (Phi) is 4.94. The molecular weight excluding hydrogens is 389 g/mol. The summed E-state index contributed by atoms with van der Waals surface area (Å²) in [5.74, 6) is -1.07. The van der Waals surface area contributed by atoms with E-state index in [9.17, 15) is 14.0 Å². The maximum atomic E-state index is 13.8. The lowest BCUT2D eigenvalue weighted by atomic mass is 9.86. The Morgan fingerprint density at radius 2 is 2.00 bits per heavy atom. The van der Waals surface area contributed by atoms with Crippen LogP contribution in [-0.2, 0) is 7.05 Å².